The molecular formula is C15H16N4O4S. The second kappa shape index (κ2) is 6.77. The molecule has 0 aliphatic carbocycles. The number of nitro benzene ring substituents is 1. The van der Waals surface area contributed by atoms with Crippen molar-refractivity contribution in [2.24, 2.45) is 10.1 Å². The van der Waals surface area contributed by atoms with Gasteiger partial charge in [-0.15, -0.1) is 0 Å². The zero-order chi connectivity index (χ0) is 17.9. The molecule has 9 heteroatoms. The Balaban J connectivity index is 2.29. The number of nitro groups is 1. The lowest BCUT2D eigenvalue weighted by Gasteiger charge is -2.12. The van der Waals surface area contributed by atoms with Crippen LogP contribution in [-0.2, 0) is 10.0 Å². The predicted octanol–water partition coefficient (Wildman–Crippen LogP) is 2.06. The highest BCUT2D eigenvalue weighted by Gasteiger charge is 2.15. The van der Waals surface area contributed by atoms with Gasteiger partial charge < -0.3 is 4.90 Å². The van der Waals surface area contributed by atoms with Crippen LogP contribution in [0.25, 0.3) is 0 Å². The Morgan fingerprint density at radius 1 is 1.17 bits per heavy atom. The lowest BCUT2D eigenvalue weighted by Crippen LogP contribution is -2.11. The number of nitrogens with zero attached hydrogens (tertiary/aromatic N) is 3. The normalized spacial score (nSPS) is 11.6. The van der Waals surface area contributed by atoms with Crippen LogP contribution < -0.4 is 10.0 Å². The summed E-state index contributed by atoms with van der Waals surface area (Å²) in [5, 5.41) is 16.2. The van der Waals surface area contributed by atoms with Gasteiger partial charge in [0.15, 0.2) is 0 Å². The van der Waals surface area contributed by atoms with Crippen molar-refractivity contribution in [1.82, 2.24) is 0 Å². The minimum absolute atomic E-state index is 0.00702. The minimum atomic E-state index is -3.75. The monoisotopic (exact) mass is 348 g/mol. The molecule has 0 atom stereocenters. The van der Waals surface area contributed by atoms with E-state index in [1.54, 1.807) is 31.1 Å². The van der Waals surface area contributed by atoms with Gasteiger partial charge in [0.25, 0.3) is 5.69 Å². The van der Waals surface area contributed by atoms with E-state index < -0.39 is 14.9 Å². The maximum atomic E-state index is 11.2. The van der Waals surface area contributed by atoms with Gasteiger partial charge >= 0.3 is 0 Å². The Bertz CT molecular complexity index is 890. The molecule has 2 N–H and O–H groups in total. The number of hydrogen-bond acceptors (Lipinski definition) is 6. The van der Waals surface area contributed by atoms with Crippen LogP contribution in [-0.4, -0.2) is 33.7 Å². The van der Waals surface area contributed by atoms with Gasteiger partial charge in [0.05, 0.1) is 15.5 Å². The molecule has 0 aliphatic heterocycles. The molecule has 0 saturated carbocycles. The maximum absolute atomic E-state index is 11.2. The van der Waals surface area contributed by atoms with E-state index in [1.807, 2.05) is 0 Å². The molecule has 2 aromatic rings. The highest BCUT2D eigenvalue weighted by atomic mass is 32.2. The number of hydrogen-bond donors (Lipinski definition) is 1. The van der Waals surface area contributed by atoms with E-state index in [1.165, 1.54) is 36.5 Å². The fourth-order valence-electron chi connectivity index (χ4n) is 2.02. The molecule has 0 aliphatic rings. The van der Waals surface area contributed by atoms with E-state index in [0.717, 1.165) is 0 Å². The molecule has 8 nitrogen and oxygen atoms in total. The second-order valence-corrected chi connectivity index (χ2v) is 6.76. The third-order valence-corrected chi connectivity index (χ3v) is 4.14. The lowest BCUT2D eigenvalue weighted by atomic mass is 10.1. The SMILES string of the molecule is CN(C)c1ccc(C=Nc2ccc(S(N)(=O)=O)cc2)cc1[N+](=O)[O-]. The van der Waals surface area contributed by atoms with Gasteiger partial charge in [-0.25, -0.2) is 13.6 Å². The van der Waals surface area contributed by atoms with Crippen LogP contribution in [0.2, 0.25) is 0 Å². The number of sulfonamides is 1. The summed E-state index contributed by atoms with van der Waals surface area (Å²) >= 11 is 0. The number of anilines is 1. The average Bonchev–Trinajstić information content (AvgIpc) is 2.52. The Morgan fingerprint density at radius 2 is 1.79 bits per heavy atom. The molecule has 2 aromatic carbocycles. The quantitative estimate of drug-likeness (QED) is 0.504. The van der Waals surface area contributed by atoms with Crippen LogP contribution in [0.15, 0.2) is 52.4 Å². The van der Waals surface area contributed by atoms with E-state index >= 15 is 0 Å². The topological polar surface area (TPSA) is 119 Å². The molecule has 0 unspecified atom stereocenters. The molecule has 0 bridgehead atoms. The van der Waals surface area contributed by atoms with Crippen molar-refractivity contribution in [3.63, 3.8) is 0 Å². The first-order valence-electron chi connectivity index (χ1n) is 6.81. The molecule has 0 amide bonds. The van der Waals surface area contributed by atoms with Gasteiger partial charge in [0.1, 0.15) is 5.69 Å². The summed E-state index contributed by atoms with van der Waals surface area (Å²) in [6.45, 7) is 0. The van der Waals surface area contributed by atoms with Crippen LogP contribution in [0.3, 0.4) is 0 Å². The predicted molar refractivity (Wildman–Crippen MR) is 92.5 cm³/mol. The van der Waals surface area contributed by atoms with Gasteiger partial charge in [-0.2, -0.15) is 0 Å². The second-order valence-electron chi connectivity index (χ2n) is 5.20. The van der Waals surface area contributed by atoms with E-state index in [9.17, 15) is 18.5 Å². The van der Waals surface area contributed by atoms with Gasteiger partial charge in [-0.3, -0.25) is 15.1 Å². The third kappa shape index (κ3) is 4.15. The van der Waals surface area contributed by atoms with Gasteiger partial charge in [-0.1, -0.05) is 6.07 Å². The van der Waals surface area contributed by atoms with Crippen molar-refractivity contribution >= 4 is 33.3 Å². The largest absolute Gasteiger partial charge is 0.372 e. The van der Waals surface area contributed by atoms with Crippen LogP contribution in [0.5, 0.6) is 0 Å². The Hall–Kier alpha value is -2.78. The first-order chi connectivity index (χ1) is 11.2. The first-order valence-corrected chi connectivity index (χ1v) is 8.36. The zero-order valence-corrected chi connectivity index (χ0v) is 13.9. The Kier molecular flexibility index (Phi) is 4.96. The lowest BCUT2D eigenvalue weighted by molar-refractivity contribution is -0.384. The molecule has 0 spiro atoms. The van der Waals surface area contributed by atoms with Gasteiger partial charge in [0, 0.05) is 26.4 Å². The summed E-state index contributed by atoms with van der Waals surface area (Å²) < 4.78 is 22.4. The highest BCUT2D eigenvalue weighted by Crippen LogP contribution is 2.27. The summed E-state index contributed by atoms with van der Waals surface area (Å²) in [6.07, 6.45) is 1.47. The molecule has 0 saturated heterocycles. The molecule has 0 fully saturated rings. The standard InChI is InChI=1S/C15H16N4O4S/c1-18(2)14-8-3-11(9-15(14)19(20)21)10-17-12-4-6-13(7-5-12)24(16,22)23/h3-10H,1-2H3,(H2,16,22,23). The number of aliphatic imine (C=N–C) groups is 1. The summed E-state index contributed by atoms with van der Waals surface area (Å²) in [6, 6.07) is 10.5. The smallest absolute Gasteiger partial charge is 0.293 e. The van der Waals surface area contributed by atoms with Crippen molar-refractivity contribution in [1.29, 1.82) is 0 Å². The van der Waals surface area contributed by atoms with Crippen molar-refractivity contribution in [2.75, 3.05) is 19.0 Å². The molecule has 24 heavy (non-hydrogen) atoms. The summed E-state index contributed by atoms with van der Waals surface area (Å²) in [5.41, 5.74) is 1.53. The number of benzene rings is 2. The fraction of sp³-hybridized carbons (Fsp3) is 0.133. The van der Waals surface area contributed by atoms with E-state index in [4.69, 9.17) is 5.14 Å². The van der Waals surface area contributed by atoms with Crippen molar-refractivity contribution in [3.8, 4) is 0 Å². The number of primary sulfonamides is 1. The van der Waals surface area contributed by atoms with Crippen molar-refractivity contribution in [2.45, 2.75) is 4.90 Å². The Labute approximate surface area is 139 Å². The molecular weight excluding hydrogens is 332 g/mol. The molecule has 2 rings (SSSR count). The van der Waals surface area contributed by atoms with Crippen LogP contribution in [0.1, 0.15) is 5.56 Å². The van der Waals surface area contributed by atoms with Crippen LogP contribution in [0, 0.1) is 10.1 Å². The fourth-order valence-corrected chi connectivity index (χ4v) is 2.53. The van der Waals surface area contributed by atoms with E-state index in [-0.39, 0.29) is 10.6 Å². The first kappa shape index (κ1) is 17.6. The van der Waals surface area contributed by atoms with Crippen LogP contribution >= 0.6 is 0 Å². The number of rotatable bonds is 5. The van der Waals surface area contributed by atoms with Crippen molar-refractivity contribution in [3.05, 3.63) is 58.1 Å². The maximum Gasteiger partial charge on any atom is 0.293 e. The molecule has 0 heterocycles. The molecule has 0 aromatic heterocycles. The summed E-state index contributed by atoms with van der Waals surface area (Å²) in [5.74, 6) is 0. The minimum Gasteiger partial charge on any atom is -0.372 e. The summed E-state index contributed by atoms with van der Waals surface area (Å²) in [7, 11) is -0.296. The number of nitrogens with two attached hydrogens (primary N) is 1. The highest BCUT2D eigenvalue weighted by molar-refractivity contribution is 7.89. The van der Waals surface area contributed by atoms with Crippen LogP contribution in [0.4, 0.5) is 17.1 Å². The van der Waals surface area contributed by atoms with Crippen molar-refractivity contribution < 1.29 is 13.3 Å². The van der Waals surface area contributed by atoms with E-state index in [2.05, 4.69) is 4.99 Å². The summed E-state index contributed by atoms with van der Waals surface area (Å²) in [4.78, 5) is 16.5. The van der Waals surface area contributed by atoms with E-state index in [0.29, 0.717) is 16.9 Å². The van der Waals surface area contributed by atoms with Gasteiger partial charge in [0.2, 0.25) is 10.0 Å². The molecule has 126 valence electrons. The van der Waals surface area contributed by atoms with Gasteiger partial charge in [-0.05, 0) is 35.9 Å². The molecule has 0 radical (unpaired) electrons. The third-order valence-electron chi connectivity index (χ3n) is 3.21. The zero-order valence-electron chi connectivity index (χ0n) is 13.1. The Morgan fingerprint density at radius 3 is 2.29 bits per heavy atom. The average molecular weight is 348 g/mol.